The van der Waals surface area contributed by atoms with Crippen LogP contribution in [0.15, 0.2) is 49.2 Å². The Hall–Kier alpha value is -2.15. The van der Waals surface area contributed by atoms with Crippen LogP contribution in [0.4, 0.5) is 0 Å². The number of pyridine rings is 1. The summed E-state index contributed by atoms with van der Waals surface area (Å²) in [5, 5.41) is 2.14. The highest BCUT2D eigenvalue weighted by molar-refractivity contribution is 5.85. The number of allylic oxidation sites excluding steroid dienone is 1. The molecule has 17 heavy (non-hydrogen) atoms. The standard InChI is InChI=1S/C16H15N/c1-12-7-6-8-13(2)15(12)11-14(3)16-9-4-5-10-17-16/h4-11H,1,3H2,2H3. The van der Waals surface area contributed by atoms with Crippen LogP contribution in [0.25, 0.3) is 18.2 Å². The molecule has 0 aliphatic heterocycles. The van der Waals surface area contributed by atoms with Crippen molar-refractivity contribution in [1.82, 2.24) is 4.98 Å². The fourth-order valence-corrected chi connectivity index (χ4v) is 1.75. The van der Waals surface area contributed by atoms with Gasteiger partial charge in [-0.2, -0.15) is 0 Å². The fourth-order valence-electron chi connectivity index (χ4n) is 1.75. The molecule has 0 amide bonds. The molecule has 1 heteroatoms. The van der Waals surface area contributed by atoms with Crippen molar-refractivity contribution < 1.29 is 0 Å². The summed E-state index contributed by atoms with van der Waals surface area (Å²) in [5.41, 5.74) is 3.01. The maximum Gasteiger partial charge on any atom is 0.0696 e. The number of aromatic nitrogens is 1. The molecule has 1 nitrogen and oxygen atoms in total. The molecule has 1 aromatic carbocycles. The zero-order valence-electron chi connectivity index (χ0n) is 9.98. The lowest BCUT2D eigenvalue weighted by Crippen LogP contribution is -2.25. The molecule has 0 bridgehead atoms. The summed E-state index contributed by atoms with van der Waals surface area (Å²) >= 11 is 0. The van der Waals surface area contributed by atoms with Gasteiger partial charge in [-0.15, -0.1) is 0 Å². The van der Waals surface area contributed by atoms with Gasteiger partial charge in [0.1, 0.15) is 0 Å². The Bertz CT molecular complexity index is 639. The van der Waals surface area contributed by atoms with Gasteiger partial charge in [0.25, 0.3) is 0 Å². The first-order chi connectivity index (χ1) is 8.18. The minimum absolute atomic E-state index is 0.898. The largest absolute Gasteiger partial charge is 0.256 e. The average molecular weight is 221 g/mol. The second-order valence-corrected chi connectivity index (χ2v) is 4.03. The predicted octanol–water partition coefficient (Wildman–Crippen LogP) is 2.29. The summed E-state index contributed by atoms with van der Waals surface area (Å²) in [7, 11) is 0. The summed E-state index contributed by atoms with van der Waals surface area (Å²) in [6, 6.07) is 11.9. The Kier molecular flexibility index (Phi) is 3.20. The highest BCUT2D eigenvalue weighted by Gasteiger charge is 1.96. The SMILES string of the molecule is C=C(C=c1c(C)cccc1=C)c1ccccn1. The Morgan fingerprint density at radius 2 is 2.00 bits per heavy atom. The molecule has 0 aliphatic rings. The van der Waals surface area contributed by atoms with Crippen molar-refractivity contribution in [3.8, 4) is 0 Å². The quantitative estimate of drug-likeness (QED) is 0.758. The number of hydrogen-bond donors (Lipinski definition) is 0. The van der Waals surface area contributed by atoms with E-state index >= 15 is 0 Å². The van der Waals surface area contributed by atoms with Gasteiger partial charge in [0.15, 0.2) is 0 Å². The molecule has 2 aromatic rings. The zero-order valence-corrected chi connectivity index (χ0v) is 9.98. The first kappa shape index (κ1) is 11.3. The van der Waals surface area contributed by atoms with Crippen LogP contribution in [0.2, 0.25) is 0 Å². The van der Waals surface area contributed by atoms with Crippen LogP contribution in [-0.2, 0) is 0 Å². The van der Waals surface area contributed by atoms with Crippen LogP contribution in [-0.4, -0.2) is 4.98 Å². The summed E-state index contributed by atoms with van der Waals surface area (Å²) in [6.07, 6.45) is 3.82. The second kappa shape index (κ2) is 4.79. The maximum atomic E-state index is 4.28. The summed E-state index contributed by atoms with van der Waals surface area (Å²) in [5.74, 6) is 0. The molecule has 0 fully saturated rings. The summed E-state index contributed by atoms with van der Waals surface area (Å²) < 4.78 is 0. The molecule has 0 saturated carbocycles. The Labute approximate surface area is 101 Å². The second-order valence-electron chi connectivity index (χ2n) is 4.03. The van der Waals surface area contributed by atoms with Gasteiger partial charge < -0.3 is 0 Å². The van der Waals surface area contributed by atoms with Crippen LogP contribution in [0.3, 0.4) is 0 Å². The molecule has 0 saturated heterocycles. The molecule has 1 aromatic heterocycles. The molecule has 84 valence electrons. The van der Waals surface area contributed by atoms with Gasteiger partial charge in [0.2, 0.25) is 0 Å². The normalized spacial score (nSPS) is 11.5. The lowest BCUT2D eigenvalue weighted by atomic mass is 10.1. The van der Waals surface area contributed by atoms with E-state index in [1.807, 2.05) is 36.4 Å². The monoisotopic (exact) mass is 221 g/mol. The van der Waals surface area contributed by atoms with Crippen molar-refractivity contribution in [3.63, 3.8) is 0 Å². The first-order valence-corrected chi connectivity index (χ1v) is 5.55. The number of aryl methyl sites for hydroxylation is 1. The average Bonchev–Trinajstić information content (AvgIpc) is 2.35. The van der Waals surface area contributed by atoms with E-state index in [0.29, 0.717) is 0 Å². The molecular formula is C16H15N. The minimum atomic E-state index is 0.898. The third-order valence-electron chi connectivity index (χ3n) is 2.73. The zero-order chi connectivity index (χ0) is 12.3. The molecule has 2 rings (SSSR count). The van der Waals surface area contributed by atoms with E-state index in [0.717, 1.165) is 21.7 Å². The van der Waals surface area contributed by atoms with Crippen molar-refractivity contribution in [3.05, 3.63) is 70.9 Å². The van der Waals surface area contributed by atoms with Crippen molar-refractivity contribution in [2.24, 2.45) is 0 Å². The van der Waals surface area contributed by atoms with Crippen LogP contribution < -0.4 is 10.4 Å². The number of benzene rings is 1. The molecule has 0 unspecified atom stereocenters. The van der Waals surface area contributed by atoms with Crippen LogP contribution in [0.5, 0.6) is 0 Å². The predicted molar refractivity (Wildman–Crippen MR) is 73.7 cm³/mol. The van der Waals surface area contributed by atoms with Crippen molar-refractivity contribution in [1.29, 1.82) is 0 Å². The van der Waals surface area contributed by atoms with E-state index in [2.05, 4.69) is 31.1 Å². The molecule has 0 aliphatic carbocycles. The summed E-state index contributed by atoms with van der Waals surface area (Å²) in [6.45, 7) is 10.2. The first-order valence-electron chi connectivity index (χ1n) is 5.55. The van der Waals surface area contributed by atoms with E-state index in [-0.39, 0.29) is 0 Å². The third kappa shape index (κ3) is 2.51. The fraction of sp³-hybridized carbons (Fsp3) is 0.0625. The molecule has 0 radical (unpaired) electrons. The van der Waals surface area contributed by atoms with E-state index in [1.54, 1.807) is 6.20 Å². The van der Waals surface area contributed by atoms with Gasteiger partial charge >= 0.3 is 0 Å². The smallest absolute Gasteiger partial charge is 0.0696 e. The van der Waals surface area contributed by atoms with E-state index < -0.39 is 0 Å². The molecule has 0 N–H and O–H groups in total. The molecule has 1 heterocycles. The number of nitrogens with zero attached hydrogens (tertiary/aromatic N) is 1. The Morgan fingerprint density at radius 1 is 1.18 bits per heavy atom. The Morgan fingerprint density at radius 3 is 2.65 bits per heavy atom. The number of hydrogen-bond acceptors (Lipinski definition) is 1. The van der Waals surface area contributed by atoms with E-state index in [9.17, 15) is 0 Å². The van der Waals surface area contributed by atoms with Gasteiger partial charge in [-0.05, 0) is 46.7 Å². The molecule has 0 atom stereocenters. The maximum absolute atomic E-state index is 4.28. The van der Waals surface area contributed by atoms with E-state index in [4.69, 9.17) is 0 Å². The van der Waals surface area contributed by atoms with E-state index in [1.165, 1.54) is 5.56 Å². The van der Waals surface area contributed by atoms with Crippen LogP contribution in [0, 0.1) is 6.92 Å². The number of rotatable bonds is 2. The van der Waals surface area contributed by atoms with Crippen LogP contribution in [0.1, 0.15) is 11.3 Å². The highest BCUT2D eigenvalue weighted by atomic mass is 14.7. The van der Waals surface area contributed by atoms with Crippen molar-refractivity contribution in [2.75, 3.05) is 0 Å². The van der Waals surface area contributed by atoms with Gasteiger partial charge in [0, 0.05) is 6.20 Å². The minimum Gasteiger partial charge on any atom is -0.256 e. The van der Waals surface area contributed by atoms with Gasteiger partial charge in [-0.25, -0.2) is 0 Å². The molecule has 0 spiro atoms. The third-order valence-corrected chi connectivity index (χ3v) is 2.73. The van der Waals surface area contributed by atoms with Crippen molar-refractivity contribution >= 4 is 18.2 Å². The lowest BCUT2D eigenvalue weighted by Gasteiger charge is -2.00. The van der Waals surface area contributed by atoms with Gasteiger partial charge in [-0.1, -0.05) is 37.4 Å². The van der Waals surface area contributed by atoms with Crippen molar-refractivity contribution in [2.45, 2.75) is 6.92 Å². The van der Waals surface area contributed by atoms with Gasteiger partial charge in [-0.3, -0.25) is 4.98 Å². The Balaban J connectivity index is 2.52. The lowest BCUT2D eigenvalue weighted by molar-refractivity contribution is 1.28. The summed E-state index contributed by atoms with van der Waals surface area (Å²) in [4.78, 5) is 4.28. The van der Waals surface area contributed by atoms with Crippen LogP contribution >= 0.6 is 0 Å². The van der Waals surface area contributed by atoms with Gasteiger partial charge in [0.05, 0.1) is 5.69 Å². The highest BCUT2D eigenvalue weighted by Crippen LogP contribution is 2.09. The topological polar surface area (TPSA) is 12.9 Å². The molecular weight excluding hydrogens is 206 g/mol.